The zero-order valence-electron chi connectivity index (χ0n) is 16.8. The van der Waals surface area contributed by atoms with Crippen molar-refractivity contribution in [1.29, 1.82) is 0 Å². The van der Waals surface area contributed by atoms with E-state index in [-0.39, 0.29) is 6.04 Å². The summed E-state index contributed by atoms with van der Waals surface area (Å²) in [4.78, 5) is 2.19. The van der Waals surface area contributed by atoms with Gasteiger partial charge < -0.3 is 14.8 Å². The van der Waals surface area contributed by atoms with Gasteiger partial charge in [0.15, 0.2) is 11.5 Å². The number of anilines is 1. The second kappa shape index (κ2) is 7.29. The van der Waals surface area contributed by atoms with E-state index >= 15 is 0 Å². The average Bonchev–Trinajstić information content (AvgIpc) is 2.78. The largest absolute Gasteiger partial charge is 0.493 e. The van der Waals surface area contributed by atoms with Crippen LogP contribution in [-0.4, -0.2) is 25.7 Å². The number of para-hydroxylation sites is 1. The molecule has 0 radical (unpaired) electrons. The number of ether oxygens (including phenoxy) is 2. The standard InChI is InChI=1S/C24H22F2N2O2/c1-29-21-11-14-9-10-28-23(17(14)13-22(21)30-2)16-5-3-4-6-20(16)27-24(28)18-12-15(25)7-8-19(18)26/h3-8,11-13,23-24,27H,9-10H2,1-2H3/t23-,24-/m1/s1. The quantitative estimate of drug-likeness (QED) is 0.657. The number of rotatable bonds is 3. The fraction of sp³-hybridized carbons (Fsp3) is 0.250. The molecule has 0 saturated carbocycles. The summed E-state index contributed by atoms with van der Waals surface area (Å²) < 4.78 is 39.8. The van der Waals surface area contributed by atoms with E-state index in [1.54, 1.807) is 14.2 Å². The fourth-order valence-electron chi connectivity index (χ4n) is 4.67. The minimum absolute atomic E-state index is 0.112. The molecule has 0 aromatic heterocycles. The van der Waals surface area contributed by atoms with Gasteiger partial charge in [0.1, 0.15) is 17.8 Å². The molecule has 1 N–H and O–H groups in total. The minimum atomic E-state index is -0.484. The monoisotopic (exact) mass is 408 g/mol. The van der Waals surface area contributed by atoms with Crippen LogP contribution in [-0.2, 0) is 6.42 Å². The smallest absolute Gasteiger partial charge is 0.161 e. The van der Waals surface area contributed by atoms with Crippen LogP contribution in [0.5, 0.6) is 11.5 Å². The average molecular weight is 408 g/mol. The number of nitrogens with one attached hydrogen (secondary N) is 1. The number of methoxy groups -OCH3 is 2. The van der Waals surface area contributed by atoms with E-state index in [2.05, 4.69) is 16.3 Å². The summed E-state index contributed by atoms with van der Waals surface area (Å²) in [7, 11) is 3.24. The lowest BCUT2D eigenvalue weighted by atomic mass is 9.84. The third-order valence-electron chi connectivity index (χ3n) is 6.04. The molecule has 0 saturated heterocycles. The highest BCUT2D eigenvalue weighted by Gasteiger charge is 2.40. The second-order valence-electron chi connectivity index (χ2n) is 7.60. The minimum Gasteiger partial charge on any atom is -0.493 e. The van der Waals surface area contributed by atoms with E-state index in [4.69, 9.17) is 9.47 Å². The zero-order chi connectivity index (χ0) is 20.8. The molecule has 2 aliphatic heterocycles. The summed E-state index contributed by atoms with van der Waals surface area (Å²) in [5.74, 6) is 0.472. The van der Waals surface area contributed by atoms with Gasteiger partial charge in [0.2, 0.25) is 0 Å². The first-order valence-corrected chi connectivity index (χ1v) is 9.91. The number of hydrogen-bond donors (Lipinski definition) is 1. The number of halogens is 2. The lowest BCUT2D eigenvalue weighted by Gasteiger charge is -2.47. The number of benzene rings is 3. The van der Waals surface area contributed by atoms with Crippen LogP contribution in [0.1, 0.15) is 34.5 Å². The third kappa shape index (κ3) is 2.91. The highest BCUT2D eigenvalue weighted by atomic mass is 19.1. The Labute approximate surface area is 174 Å². The molecular weight excluding hydrogens is 386 g/mol. The van der Waals surface area contributed by atoms with Gasteiger partial charge in [-0.1, -0.05) is 18.2 Å². The summed E-state index contributed by atoms with van der Waals surface area (Å²) >= 11 is 0. The topological polar surface area (TPSA) is 33.7 Å². The fourth-order valence-corrected chi connectivity index (χ4v) is 4.67. The Hall–Kier alpha value is -3.12. The number of nitrogens with zero attached hydrogens (tertiary/aromatic N) is 1. The highest BCUT2D eigenvalue weighted by molar-refractivity contribution is 5.61. The molecule has 6 heteroatoms. The van der Waals surface area contributed by atoms with Crippen molar-refractivity contribution < 1.29 is 18.3 Å². The molecule has 0 aliphatic carbocycles. The SMILES string of the molecule is COc1cc2c(cc1OC)[C@H]1c3ccccc3N[C@@H](c3cc(F)ccc3F)N1CC2. The predicted molar refractivity (Wildman–Crippen MR) is 111 cm³/mol. The molecule has 154 valence electrons. The van der Waals surface area contributed by atoms with Crippen LogP contribution in [0.25, 0.3) is 0 Å². The first-order chi connectivity index (χ1) is 14.6. The molecule has 2 atom stereocenters. The van der Waals surface area contributed by atoms with Crippen molar-refractivity contribution in [3.63, 3.8) is 0 Å². The van der Waals surface area contributed by atoms with Crippen LogP contribution in [0, 0.1) is 11.6 Å². The first kappa shape index (κ1) is 18.9. The number of hydrogen-bond acceptors (Lipinski definition) is 4. The van der Waals surface area contributed by atoms with Crippen LogP contribution in [0.4, 0.5) is 14.5 Å². The molecule has 3 aromatic rings. The van der Waals surface area contributed by atoms with Gasteiger partial charge in [0, 0.05) is 17.8 Å². The van der Waals surface area contributed by atoms with Crippen LogP contribution >= 0.6 is 0 Å². The van der Waals surface area contributed by atoms with E-state index in [0.717, 1.165) is 29.3 Å². The van der Waals surface area contributed by atoms with Gasteiger partial charge in [-0.3, -0.25) is 4.90 Å². The molecular formula is C24H22F2N2O2. The summed E-state index contributed by atoms with van der Waals surface area (Å²) in [5.41, 5.74) is 4.57. The van der Waals surface area contributed by atoms with Crippen LogP contribution in [0.3, 0.4) is 0 Å². The Balaban J connectivity index is 1.70. The lowest BCUT2D eigenvalue weighted by Crippen LogP contribution is -2.45. The molecule has 30 heavy (non-hydrogen) atoms. The molecule has 5 rings (SSSR count). The predicted octanol–water partition coefficient (Wildman–Crippen LogP) is 5.05. The normalized spacial score (nSPS) is 19.9. The van der Waals surface area contributed by atoms with E-state index in [0.29, 0.717) is 23.6 Å². The van der Waals surface area contributed by atoms with E-state index in [1.165, 1.54) is 17.7 Å². The lowest BCUT2D eigenvalue weighted by molar-refractivity contribution is 0.150. The van der Waals surface area contributed by atoms with Crippen LogP contribution < -0.4 is 14.8 Å². The second-order valence-corrected chi connectivity index (χ2v) is 7.60. The molecule has 0 amide bonds. The van der Waals surface area contributed by atoms with Gasteiger partial charge in [-0.25, -0.2) is 8.78 Å². The van der Waals surface area contributed by atoms with Crippen molar-refractivity contribution in [2.75, 3.05) is 26.1 Å². The van der Waals surface area contributed by atoms with Gasteiger partial charge >= 0.3 is 0 Å². The van der Waals surface area contributed by atoms with Crippen molar-refractivity contribution in [1.82, 2.24) is 4.90 Å². The Morgan fingerprint density at radius 3 is 2.47 bits per heavy atom. The molecule has 2 aliphatic rings. The van der Waals surface area contributed by atoms with Gasteiger partial charge in [-0.05, 0) is 59.5 Å². The molecule has 4 nitrogen and oxygen atoms in total. The van der Waals surface area contributed by atoms with E-state index in [1.807, 2.05) is 30.3 Å². The van der Waals surface area contributed by atoms with Crippen molar-refractivity contribution in [2.45, 2.75) is 18.6 Å². The molecule has 0 fully saturated rings. The summed E-state index contributed by atoms with van der Waals surface area (Å²) in [5, 5.41) is 3.43. The molecule has 2 heterocycles. The maximum atomic E-state index is 14.7. The van der Waals surface area contributed by atoms with Crippen molar-refractivity contribution >= 4 is 5.69 Å². The van der Waals surface area contributed by atoms with Gasteiger partial charge in [-0.2, -0.15) is 0 Å². The van der Waals surface area contributed by atoms with Gasteiger partial charge in [0.05, 0.1) is 20.3 Å². The van der Waals surface area contributed by atoms with E-state index in [9.17, 15) is 8.78 Å². The first-order valence-electron chi connectivity index (χ1n) is 9.91. The Kier molecular flexibility index (Phi) is 4.59. The third-order valence-corrected chi connectivity index (χ3v) is 6.04. The Morgan fingerprint density at radius 1 is 0.900 bits per heavy atom. The van der Waals surface area contributed by atoms with Crippen molar-refractivity contribution in [3.8, 4) is 11.5 Å². The maximum Gasteiger partial charge on any atom is 0.161 e. The molecule has 0 spiro atoms. The Morgan fingerprint density at radius 2 is 1.67 bits per heavy atom. The van der Waals surface area contributed by atoms with Crippen LogP contribution in [0.15, 0.2) is 54.6 Å². The summed E-state index contributed by atoms with van der Waals surface area (Å²) in [6.45, 7) is 0.690. The van der Waals surface area contributed by atoms with Gasteiger partial charge in [0.25, 0.3) is 0 Å². The highest BCUT2D eigenvalue weighted by Crippen LogP contribution is 2.49. The summed E-state index contributed by atoms with van der Waals surface area (Å²) in [6, 6.07) is 15.5. The van der Waals surface area contributed by atoms with E-state index < -0.39 is 17.8 Å². The van der Waals surface area contributed by atoms with Crippen LogP contribution in [0.2, 0.25) is 0 Å². The number of fused-ring (bicyclic) bond motifs is 5. The molecule has 0 unspecified atom stereocenters. The molecule has 3 aromatic carbocycles. The van der Waals surface area contributed by atoms with Crippen molar-refractivity contribution in [2.24, 2.45) is 0 Å². The molecule has 0 bridgehead atoms. The van der Waals surface area contributed by atoms with Crippen molar-refractivity contribution in [3.05, 3.63) is 88.5 Å². The Bertz CT molecular complexity index is 1120. The summed E-state index contributed by atoms with van der Waals surface area (Å²) in [6.07, 6.45) is 0.283. The maximum absolute atomic E-state index is 14.7. The zero-order valence-corrected chi connectivity index (χ0v) is 16.8. The van der Waals surface area contributed by atoms with Gasteiger partial charge in [-0.15, -0.1) is 0 Å².